The van der Waals surface area contributed by atoms with Crippen molar-refractivity contribution in [1.82, 2.24) is 0 Å². The van der Waals surface area contributed by atoms with Crippen LogP contribution >= 0.6 is 0 Å². The fourth-order valence-corrected chi connectivity index (χ4v) is 1.21. The molecule has 0 unspecified atom stereocenters. The molecule has 3 heteroatoms. The highest BCUT2D eigenvalue weighted by molar-refractivity contribution is 5.39. The van der Waals surface area contributed by atoms with Crippen molar-refractivity contribution in [2.75, 3.05) is 0 Å². The van der Waals surface area contributed by atoms with E-state index in [1.54, 1.807) is 12.1 Å². The van der Waals surface area contributed by atoms with Gasteiger partial charge in [0.1, 0.15) is 5.75 Å². The average molecular weight is 199 g/mol. The summed E-state index contributed by atoms with van der Waals surface area (Å²) in [4.78, 5) is 0. The average Bonchev–Trinajstić information content (AvgIpc) is 2.01. The number of hydrogen-bond acceptors (Lipinski definition) is 1. The largest absolute Gasteiger partial charge is 0.435 e. The van der Waals surface area contributed by atoms with Gasteiger partial charge >= 0.3 is 6.61 Å². The first kappa shape index (κ1) is 11.0. The molecule has 1 rings (SSSR count). The maximum atomic E-state index is 12.0. The van der Waals surface area contributed by atoms with Gasteiger partial charge in [-0.1, -0.05) is 19.9 Å². The van der Waals surface area contributed by atoms with Gasteiger partial charge in [-0.25, -0.2) is 0 Å². The third-order valence-electron chi connectivity index (χ3n) is 1.85. The molecule has 0 N–H and O–H groups in total. The van der Waals surface area contributed by atoms with Crippen LogP contribution in [0, 0.1) is 12.8 Å². The summed E-state index contributed by atoms with van der Waals surface area (Å²) < 4.78 is 28.3. The minimum Gasteiger partial charge on any atom is -0.435 e. The highest BCUT2D eigenvalue weighted by Crippen LogP contribution is 2.23. The minimum absolute atomic E-state index is 0.219. The van der Waals surface area contributed by atoms with Gasteiger partial charge in [0, 0.05) is 0 Å². The molecule has 0 fully saturated rings. The van der Waals surface area contributed by atoms with Gasteiger partial charge in [0.05, 0.1) is 0 Å². The summed E-state index contributed by atoms with van der Waals surface area (Å²) in [6, 6.07) is 5.15. The molecule has 0 amide bonds. The molecule has 0 saturated carbocycles. The zero-order valence-electron chi connectivity index (χ0n) is 8.47. The SMILES string of the molecule is C[C](C)c1cc(C)cc(OC(F)F)c1. The molecule has 0 spiro atoms. The Kier molecular flexibility index (Phi) is 3.44. The van der Waals surface area contributed by atoms with Crippen LogP contribution in [0.1, 0.15) is 25.0 Å². The van der Waals surface area contributed by atoms with Gasteiger partial charge in [-0.3, -0.25) is 0 Å². The molecule has 0 aliphatic carbocycles. The van der Waals surface area contributed by atoms with Gasteiger partial charge in [0.25, 0.3) is 0 Å². The summed E-state index contributed by atoms with van der Waals surface area (Å²) in [5.41, 5.74) is 1.85. The molecule has 1 aromatic carbocycles. The second kappa shape index (κ2) is 4.40. The van der Waals surface area contributed by atoms with Gasteiger partial charge in [0.2, 0.25) is 0 Å². The molecule has 0 aliphatic heterocycles. The lowest BCUT2D eigenvalue weighted by molar-refractivity contribution is -0.0498. The van der Waals surface area contributed by atoms with Crippen LogP contribution in [0.5, 0.6) is 5.75 Å². The van der Waals surface area contributed by atoms with Gasteiger partial charge < -0.3 is 4.74 Å². The van der Waals surface area contributed by atoms with Crippen molar-refractivity contribution in [3.8, 4) is 5.75 Å². The number of aryl methyl sites for hydroxylation is 1. The van der Waals surface area contributed by atoms with Gasteiger partial charge in [-0.05, 0) is 36.1 Å². The lowest BCUT2D eigenvalue weighted by Gasteiger charge is -2.10. The first-order valence-corrected chi connectivity index (χ1v) is 4.36. The van der Waals surface area contributed by atoms with Crippen molar-refractivity contribution in [3.05, 3.63) is 35.2 Å². The molecule has 1 nitrogen and oxygen atoms in total. The Morgan fingerprint density at radius 1 is 1.21 bits per heavy atom. The molecule has 1 radical (unpaired) electrons. The van der Waals surface area contributed by atoms with Crippen molar-refractivity contribution >= 4 is 0 Å². The quantitative estimate of drug-likeness (QED) is 0.723. The fourth-order valence-electron chi connectivity index (χ4n) is 1.21. The Morgan fingerprint density at radius 3 is 2.36 bits per heavy atom. The molecule has 0 bridgehead atoms. The monoisotopic (exact) mass is 199 g/mol. The molecular formula is C11H13F2O. The van der Waals surface area contributed by atoms with Crippen molar-refractivity contribution in [3.63, 3.8) is 0 Å². The van der Waals surface area contributed by atoms with E-state index in [9.17, 15) is 8.78 Å². The summed E-state index contributed by atoms with van der Waals surface area (Å²) >= 11 is 0. The molecule has 0 saturated heterocycles. The van der Waals surface area contributed by atoms with Crippen LogP contribution in [0.2, 0.25) is 0 Å². The molecule has 0 aliphatic rings. The Bertz CT molecular complexity index is 308. The first-order chi connectivity index (χ1) is 6.49. The van der Waals surface area contributed by atoms with Crippen LogP contribution in [0.15, 0.2) is 18.2 Å². The van der Waals surface area contributed by atoms with Crippen LogP contribution in [-0.4, -0.2) is 6.61 Å². The van der Waals surface area contributed by atoms with Gasteiger partial charge in [-0.2, -0.15) is 8.78 Å². The smallest absolute Gasteiger partial charge is 0.387 e. The number of ether oxygens (including phenoxy) is 1. The molecule has 0 heterocycles. The summed E-state index contributed by atoms with van der Waals surface area (Å²) in [5.74, 6) is 1.30. The molecule has 77 valence electrons. The van der Waals surface area contributed by atoms with Crippen molar-refractivity contribution in [2.45, 2.75) is 27.4 Å². The van der Waals surface area contributed by atoms with E-state index in [1.165, 1.54) is 0 Å². The molecule has 14 heavy (non-hydrogen) atoms. The number of alkyl halides is 2. The normalized spacial score (nSPS) is 11.1. The van der Waals surface area contributed by atoms with Crippen molar-refractivity contribution < 1.29 is 13.5 Å². The van der Waals surface area contributed by atoms with Crippen molar-refractivity contribution in [1.29, 1.82) is 0 Å². The highest BCUT2D eigenvalue weighted by atomic mass is 19.3. The van der Waals surface area contributed by atoms with Gasteiger partial charge in [0.15, 0.2) is 0 Å². The van der Waals surface area contributed by atoms with Crippen LogP contribution < -0.4 is 4.74 Å². The molecule has 0 atom stereocenters. The van der Waals surface area contributed by atoms with E-state index < -0.39 is 6.61 Å². The topological polar surface area (TPSA) is 9.23 Å². The zero-order chi connectivity index (χ0) is 10.7. The Labute approximate surface area is 82.7 Å². The summed E-state index contributed by atoms with van der Waals surface area (Å²) in [6.07, 6.45) is 0. The number of benzene rings is 1. The number of halogens is 2. The number of rotatable bonds is 3. The molecular weight excluding hydrogens is 186 g/mol. The predicted molar refractivity (Wildman–Crippen MR) is 51.5 cm³/mol. The van der Waals surface area contributed by atoms with E-state index >= 15 is 0 Å². The van der Waals surface area contributed by atoms with Gasteiger partial charge in [-0.15, -0.1) is 0 Å². The standard InChI is InChI=1S/C11H13F2O/c1-7(2)9-4-8(3)5-10(6-9)14-11(12)13/h4-6,11H,1-3H3. The van der Waals surface area contributed by atoms with Crippen LogP contribution in [0.3, 0.4) is 0 Å². The lowest BCUT2D eigenvalue weighted by Crippen LogP contribution is -2.03. The predicted octanol–water partition coefficient (Wildman–Crippen LogP) is 3.56. The second-order valence-corrected chi connectivity index (χ2v) is 3.41. The molecule has 0 aromatic heterocycles. The minimum atomic E-state index is -2.76. The van der Waals surface area contributed by atoms with E-state index in [4.69, 9.17) is 0 Å². The van der Waals surface area contributed by atoms with E-state index in [0.717, 1.165) is 17.0 Å². The third-order valence-corrected chi connectivity index (χ3v) is 1.85. The Balaban J connectivity index is 2.95. The first-order valence-electron chi connectivity index (χ1n) is 4.36. The molecule has 1 aromatic rings. The fraction of sp³-hybridized carbons (Fsp3) is 0.364. The van der Waals surface area contributed by atoms with Crippen molar-refractivity contribution in [2.24, 2.45) is 0 Å². The zero-order valence-corrected chi connectivity index (χ0v) is 8.47. The van der Waals surface area contributed by atoms with Crippen LogP contribution in [0.4, 0.5) is 8.78 Å². The Hall–Kier alpha value is -1.12. The summed E-state index contributed by atoms with van der Waals surface area (Å²) in [7, 11) is 0. The van der Waals surface area contributed by atoms with Crippen LogP contribution in [-0.2, 0) is 0 Å². The lowest BCUT2D eigenvalue weighted by atomic mass is 10.0. The van der Waals surface area contributed by atoms with E-state index in [-0.39, 0.29) is 5.75 Å². The highest BCUT2D eigenvalue weighted by Gasteiger charge is 2.07. The van der Waals surface area contributed by atoms with Crippen LogP contribution in [0.25, 0.3) is 0 Å². The number of hydrogen-bond donors (Lipinski definition) is 0. The summed E-state index contributed by atoms with van der Waals surface area (Å²) in [5, 5.41) is 0. The maximum Gasteiger partial charge on any atom is 0.387 e. The summed E-state index contributed by atoms with van der Waals surface area (Å²) in [6.45, 7) is 2.95. The van der Waals surface area contributed by atoms with E-state index in [2.05, 4.69) is 4.74 Å². The Morgan fingerprint density at radius 2 is 1.86 bits per heavy atom. The van der Waals surface area contributed by atoms with E-state index in [1.807, 2.05) is 26.8 Å². The maximum absolute atomic E-state index is 12.0. The van der Waals surface area contributed by atoms with E-state index in [0.29, 0.717) is 0 Å². The second-order valence-electron chi connectivity index (χ2n) is 3.41. The third kappa shape index (κ3) is 2.98.